The fourth-order valence-electron chi connectivity index (χ4n) is 2.54. The van der Waals surface area contributed by atoms with Crippen molar-refractivity contribution in [3.05, 3.63) is 23.8 Å². The fourth-order valence-corrected chi connectivity index (χ4v) is 2.54. The number of carbonyl (C=O) groups is 1. The SMILES string of the molecule is CCOc1ccc(NC2CCN(CC(F)(F)F)C2=O)cc1CO. The minimum absolute atomic E-state index is 0.0693. The van der Waals surface area contributed by atoms with Crippen LogP contribution in [0.1, 0.15) is 18.9 Å². The number of halogens is 3. The van der Waals surface area contributed by atoms with Gasteiger partial charge < -0.3 is 20.1 Å². The van der Waals surface area contributed by atoms with E-state index in [2.05, 4.69) is 5.32 Å². The van der Waals surface area contributed by atoms with E-state index in [1.54, 1.807) is 18.2 Å². The minimum atomic E-state index is -4.40. The van der Waals surface area contributed by atoms with Crippen LogP contribution >= 0.6 is 0 Å². The van der Waals surface area contributed by atoms with Gasteiger partial charge in [0.1, 0.15) is 18.3 Å². The molecule has 1 unspecified atom stereocenters. The van der Waals surface area contributed by atoms with Crippen molar-refractivity contribution >= 4 is 11.6 Å². The Morgan fingerprint density at radius 1 is 1.43 bits per heavy atom. The third-order valence-electron chi connectivity index (χ3n) is 3.54. The average Bonchev–Trinajstić information content (AvgIpc) is 2.80. The highest BCUT2D eigenvalue weighted by molar-refractivity contribution is 5.86. The molecule has 1 heterocycles. The molecule has 2 rings (SSSR count). The number of aliphatic hydroxyl groups is 1. The second-order valence-corrected chi connectivity index (χ2v) is 5.27. The number of hydrogen-bond acceptors (Lipinski definition) is 4. The molecule has 0 bridgehead atoms. The van der Waals surface area contributed by atoms with E-state index in [-0.39, 0.29) is 13.2 Å². The molecular formula is C15H19F3N2O3. The number of hydrogen-bond donors (Lipinski definition) is 2. The molecule has 1 aromatic carbocycles. The first kappa shape index (κ1) is 17.4. The van der Waals surface area contributed by atoms with E-state index in [9.17, 15) is 23.1 Å². The van der Waals surface area contributed by atoms with E-state index < -0.39 is 24.7 Å². The zero-order chi connectivity index (χ0) is 17.0. The molecule has 1 aliphatic rings. The van der Waals surface area contributed by atoms with Crippen LogP contribution in [0.2, 0.25) is 0 Å². The van der Waals surface area contributed by atoms with Crippen LogP contribution in [0.3, 0.4) is 0 Å². The van der Waals surface area contributed by atoms with Crippen molar-refractivity contribution in [3.63, 3.8) is 0 Å². The summed E-state index contributed by atoms with van der Waals surface area (Å²) in [7, 11) is 0. The lowest BCUT2D eigenvalue weighted by atomic mass is 10.1. The lowest BCUT2D eigenvalue weighted by Gasteiger charge is -2.19. The predicted molar refractivity (Wildman–Crippen MR) is 78.2 cm³/mol. The summed E-state index contributed by atoms with van der Waals surface area (Å²) in [5.74, 6) is -0.0289. The summed E-state index contributed by atoms with van der Waals surface area (Å²) in [5.41, 5.74) is 1.11. The van der Waals surface area contributed by atoms with Gasteiger partial charge in [-0.25, -0.2) is 0 Å². The zero-order valence-electron chi connectivity index (χ0n) is 12.7. The number of rotatable bonds is 6. The number of nitrogens with one attached hydrogen (secondary N) is 1. The fraction of sp³-hybridized carbons (Fsp3) is 0.533. The first-order valence-electron chi connectivity index (χ1n) is 7.32. The molecule has 8 heteroatoms. The Kier molecular flexibility index (Phi) is 5.35. The van der Waals surface area contributed by atoms with Crippen LogP contribution in [0.15, 0.2) is 18.2 Å². The Morgan fingerprint density at radius 2 is 2.17 bits per heavy atom. The maximum absolute atomic E-state index is 12.4. The van der Waals surface area contributed by atoms with Crippen molar-refractivity contribution in [2.45, 2.75) is 32.2 Å². The van der Waals surface area contributed by atoms with Gasteiger partial charge in [0.25, 0.3) is 0 Å². The third-order valence-corrected chi connectivity index (χ3v) is 3.54. The first-order chi connectivity index (χ1) is 10.8. The van der Waals surface area contributed by atoms with Gasteiger partial charge in [-0.05, 0) is 31.5 Å². The number of aliphatic hydroxyl groups excluding tert-OH is 1. The standard InChI is InChI=1S/C15H19F3N2O3/c1-2-23-13-4-3-11(7-10(13)8-21)19-12-5-6-20(14(12)22)9-15(16,17)18/h3-4,7,12,19,21H,2,5-6,8-9H2,1H3. The molecule has 0 spiro atoms. The molecule has 0 radical (unpaired) electrons. The Labute approximate surface area is 132 Å². The molecule has 1 amide bonds. The van der Waals surface area contributed by atoms with Gasteiger partial charge in [0, 0.05) is 17.8 Å². The summed E-state index contributed by atoms with van der Waals surface area (Å²) in [5, 5.41) is 12.3. The summed E-state index contributed by atoms with van der Waals surface area (Å²) in [6, 6.07) is 4.26. The van der Waals surface area contributed by atoms with Crippen LogP contribution < -0.4 is 10.1 Å². The maximum atomic E-state index is 12.4. The Bertz CT molecular complexity index is 563. The number of anilines is 1. The van der Waals surface area contributed by atoms with E-state index in [0.29, 0.717) is 30.0 Å². The molecular weight excluding hydrogens is 313 g/mol. The quantitative estimate of drug-likeness (QED) is 0.838. The first-order valence-corrected chi connectivity index (χ1v) is 7.32. The summed E-state index contributed by atoms with van der Waals surface area (Å²) in [6.07, 6.45) is -4.09. The Hall–Kier alpha value is -1.96. The van der Waals surface area contributed by atoms with Crippen LogP contribution in [0.25, 0.3) is 0 Å². The second-order valence-electron chi connectivity index (χ2n) is 5.27. The summed E-state index contributed by atoms with van der Waals surface area (Å²) >= 11 is 0. The Morgan fingerprint density at radius 3 is 2.78 bits per heavy atom. The van der Waals surface area contributed by atoms with Crippen molar-refractivity contribution in [2.24, 2.45) is 0 Å². The summed E-state index contributed by atoms with van der Waals surface area (Å²) < 4.78 is 42.5. The second kappa shape index (κ2) is 7.08. The highest BCUT2D eigenvalue weighted by Gasteiger charge is 2.39. The normalized spacial score (nSPS) is 18.4. The minimum Gasteiger partial charge on any atom is -0.494 e. The molecule has 1 atom stereocenters. The van der Waals surface area contributed by atoms with Gasteiger partial charge in [0.2, 0.25) is 5.91 Å². The number of benzene rings is 1. The highest BCUT2D eigenvalue weighted by atomic mass is 19.4. The highest BCUT2D eigenvalue weighted by Crippen LogP contribution is 2.26. The lowest BCUT2D eigenvalue weighted by Crippen LogP contribution is -2.39. The molecule has 1 saturated heterocycles. The Balaban J connectivity index is 2.04. The van der Waals surface area contributed by atoms with Gasteiger partial charge in [0.05, 0.1) is 13.2 Å². The number of nitrogens with zero attached hydrogens (tertiary/aromatic N) is 1. The van der Waals surface area contributed by atoms with Crippen molar-refractivity contribution in [3.8, 4) is 5.75 Å². The van der Waals surface area contributed by atoms with Gasteiger partial charge in [-0.1, -0.05) is 0 Å². The monoisotopic (exact) mass is 332 g/mol. The topological polar surface area (TPSA) is 61.8 Å². The van der Waals surface area contributed by atoms with E-state index in [1.807, 2.05) is 6.92 Å². The van der Waals surface area contributed by atoms with E-state index in [1.165, 1.54) is 0 Å². The molecule has 0 saturated carbocycles. The van der Waals surface area contributed by atoms with E-state index in [4.69, 9.17) is 4.74 Å². The van der Waals surface area contributed by atoms with Gasteiger partial charge in [-0.15, -0.1) is 0 Å². The van der Waals surface area contributed by atoms with Gasteiger partial charge >= 0.3 is 6.18 Å². The number of amides is 1. The smallest absolute Gasteiger partial charge is 0.406 e. The molecule has 128 valence electrons. The van der Waals surface area contributed by atoms with Crippen molar-refractivity contribution < 1.29 is 27.8 Å². The molecule has 2 N–H and O–H groups in total. The van der Waals surface area contributed by atoms with Crippen LogP contribution in [0, 0.1) is 0 Å². The summed E-state index contributed by atoms with van der Waals surface area (Å²) in [6.45, 7) is 0.881. The number of alkyl halides is 3. The van der Waals surface area contributed by atoms with Crippen molar-refractivity contribution in [1.82, 2.24) is 4.90 Å². The molecule has 1 aliphatic heterocycles. The third kappa shape index (κ3) is 4.51. The lowest BCUT2D eigenvalue weighted by molar-refractivity contribution is -0.157. The molecule has 23 heavy (non-hydrogen) atoms. The predicted octanol–water partition coefficient (Wildman–Crippen LogP) is 2.15. The maximum Gasteiger partial charge on any atom is 0.406 e. The van der Waals surface area contributed by atoms with Crippen LogP contribution in [0.4, 0.5) is 18.9 Å². The van der Waals surface area contributed by atoms with Gasteiger partial charge in [-0.3, -0.25) is 4.79 Å². The van der Waals surface area contributed by atoms with Gasteiger partial charge in [0.15, 0.2) is 0 Å². The van der Waals surface area contributed by atoms with E-state index >= 15 is 0 Å². The van der Waals surface area contributed by atoms with Crippen LogP contribution in [0.5, 0.6) is 5.75 Å². The average molecular weight is 332 g/mol. The van der Waals surface area contributed by atoms with Crippen molar-refractivity contribution in [2.75, 3.05) is 25.0 Å². The zero-order valence-corrected chi connectivity index (χ0v) is 12.7. The van der Waals surface area contributed by atoms with Crippen LogP contribution in [-0.4, -0.2) is 47.8 Å². The summed E-state index contributed by atoms with van der Waals surface area (Å²) in [4.78, 5) is 12.8. The van der Waals surface area contributed by atoms with Crippen molar-refractivity contribution in [1.29, 1.82) is 0 Å². The molecule has 0 aliphatic carbocycles. The molecule has 5 nitrogen and oxygen atoms in total. The number of ether oxygens (including phenoxy) is 1. The molecule has 0 aromatic heterocycles. The largest absolute Gasteiger partial charge is 0.494 e. The number of likely N-dealkylation sites (tertiary alicyclic amines) is 1. The van der Waals surface area contributed by atoms with Crippen LogP contribution in [-0.2, 0) is 11.4 Å². The number of carbonyl (C=O) groups excluding carboxylic acids is 1. The molecule has 1 aromatic rings. The van der Waals surface area contributed by atoms with E-state index in [0.717, 1.165) is 4.90 Å². The molecule has 1 fully saturated rings. The van der Waals surface area contributed by atoms with Gasteiger partial charge in [-0.2, -0.15) is 13.2 Å².